The van der Waals surface area contributed by atoms with Crippen LogP contribution in [0.1, 0.15) is 56.7 Å². The third kappa shape index (κ3) is 7.53. The zero-order valence-electron chi connectivity index (χ0n) is 24.1. The minimum atomic E-state index is -0.512. The number of aryl methyl sites for hydroxylation is 2. The molecule has 218 valence electrons. The summed E-state index contributed by atoms with van der Waals surface area (Å²) >= 11 is 0. The number of anilines is 1. The Morgan fingerprint density at radius 3 is 2.59 bits per heavy atom. The standard InChI is InChI=1S/C30H40N8O3/c1-21-9-11-26(12-10-21)41-23(3)33-28(39)18-25-19-36(30(40)34-24-7-5-4-6-8-24)15-16-38(25)27-17-22(2)32-29(35-27)37-14-13-31-20-37/h9-14,17,20,23-25H,4-8,15-16,18-19H2,1-3H3,(H,33,39)(H,34,40). The highest BCUT2D eigenvalue weighted by atomic mass is 16.5. The van der Waals surface area contributed by atoms with Gasteiger partial charge in [0.25, 0.3) is 0 Å². The second kappa shape index (κ2) is 13.0. The fourth-order valence-electron chi connectivity index (χ4n) is 5.56. The van der Waals surface area contributed by atoms with Crippen molar-refractivity contribution in [2.45, 2.75) is 77.6 Å². The molecule has 1 aliphatic heterocycles. The molecule has 1 saturated heterocycles. The van der Waals surface area contributed by atoms with E-state index in [1.165, 1.54) is 6.42 Å². The fraction of sp³-hybridized carbons (Fsp3) is 0.500. The Bertz CT molecular complexity index is 1310. The van der Waals surface area contributed by atoms with Gasteiger partial charge in [-0.3, -0.25) is 9.36 Å². The van der Waals surface area contributed by atoms with Crippen molar-refractivity contribution in [3.63, 3.8) is 0 Å². The van der Waals surface area contributed by atoms with Crippen LogP contribution in [0.25, 0.3) is 5.95 Å². The summed E-state index contributed by atoms with van der Waals surface area (Å²) in [5.74, 6) is 1.76. The lowest BCUT2D eigenvalue weighted by Crippen LogP contribution is -2.59. The Balaban J connectivity index is 1.31. The number of nitrogens with one attached hydrogen (secondary N) is 2. The first-order valence-corrected chi connectivity index (χ1v) is 14.5. The van der Waals surface area contributed by atoms with Gasteiger partial charge in [-0.25, -0.2) is 14.8 Å². The fourth-order valence-corrected chi connectivity index (χ4v) is 5.56. The molecule has 1 aromatic carbocycles. The van der Waals surface area contributed by atoms with Crippen molar-refractivity contribution in [2.75, 3.05) is 24.5 Å². The van der Waals surface area contributed by atoms with Crippen molar-refractivity contribution in [1.82, 2.24) is 35.1 Å². The first-order chi connectivity index (χ1) is 19.8. The average Bonchev–Trinajstić information content (AvgIpc) is 3.50. The van der Waals surface area contributed by atoms with E-state index >= 15 is 0 Å². The van der Waals surface area contributed by atoms with Crippen LogP contribution in [-0.2, 0) is 4.79 Å². The molecule has 11 nitrogen and oxygen atoms in total. The van der Waals surface area contributed by atoms with Gasteiger partial charge >= 0.3 is 6.03 Å². The minimum Gasteiger partial charge on any atom is -0.471 e. The van der Waals surface area contributed by atoms with Crippen molar-refractivity contribution in [3.05, 3.63) is 60.3 Å². The van der Waals surface area contributed by atoms with E-state index in [1.54, 1.807) is 23.3 Å². The minimum absolute atomic E-state index is 0.0593. The number of benzene rings is 1. The molecule has 1 saturated carbocycles. The van der Waals surface area contributed by atoms with Crippen LogP contribution in [0, 0.1) is 13.8 Å². The number of carbonyl (C=O) groups is 2. The summed E-state index contributed by atoms with van der Waals surface area (Å²) in [5.41, 5.74) is 1.94. The van der Waals surface area contributed by atoms with Gasteiger partial charge in [-0.2, -0.15) is 4.98 Å². The topological polar surface area (TPSA) is 118 Å². The van der Waals surface area contributed by atoms with Crippen LogP contribution in [-0.4, -0.2) is 74.3 Å². The third-order valence-electron chi connectivity index (χ3n) is 7.68. The smallest absolute Gasteiger partial charge is 0.317 e. The van der Waals surface area contributed by atoms with Crippen LogP contribution in [0.2, 0.25) is 0 Å². The van der Waals surface area contributed by atoms with E-state index in [0.29, 0.717) is 31.3 Å². The van der Waals surface area contributed by atoms with E-state index in [0.717, 1.165) is 42.8 Å². The van der Waals surface area contributed by atoms with Crippen LogP contribution in [0.5, 0.6) is 5.75 Å². The summed E-state index contributed by atoms with van der Waals surface area (Å²) in [6.45, 7) is 7.24. The lowest BCUT2D eigenvalue weighted by molar-refractivity contribution is -0.123. The monoisotopic (exact) mass is 560 g/mol. The van der Waals surface area contributed by atoms with E-state index in [-0.39, 0.29) is 30.4 Å². The molecule has 0 bridgehead atoms. The van der Waals surface area contributed by atoms with Gasteiger partial charge in [-0.05, 0) is 45.7 Å². The van der Waals surface area contributed by atoms with Gasteiger partial charge < -0.3 is 25.2 Å². The largest absolute Gasteiger partial charge is 0.471 e. The maximum atomic E-state index is 13.3. The Labute approximate surface area is 241 Å². The lowest BCUT2D eigenvalue weighted by Gasteiger charge is -2.42. The highest BCUT2D eigenvalue weighted by Crippen LogP contribution is 2.24. The molecule has 11 heteroatoms. The summed E-state index contributed by atoms with van der Waals surface area (Å²) in [4.78, 5) is 44.0. The van der Waals surface area contributed by atoms with Crippen LogP contribution in [0.15, 0.2) is 49.1 Å². The average molecular weight is 561 g/mol. The van der Waals surface area contributed by atoms with Crippen molar-refractivity contribution < 1.29 is 14.3 Å². The summed E-state index contributed by atoms with van der Waals surface area (Å²) in [7, 11) is 0. The molecular weight excluding hydrogens is 520 g/mol. The van der Waals surface area contributed by atoms with E-state index in [2.05, 4.69) is 25.5 Å². The SMILES string of the molecule is Cc1ccc(OC(C)NC(=O)CC2CN(C(=O)NC3CCCCC3)CCN2c2cc(C)nc(-n3ccnc3)n2)cc1. The van der Waals surface area contributed by atoms with Gasteiger partial charge in [0, 0.05) is 56.3 Å². The molecule has 41 heavy (non-hydrogen) atoms. The van der Waals surface area contributed by atoms with Crippen LogP contribution < -0.4 is 20.3 Å². The molecule has 5 rings (SSSR count). The van der Waals surface area contributed by atoms with Crippen molar-refractivity contribution >= 4 is 17.8 Å². The summed E-state index contributed by atoms with van der Waals surface area (Å²) in [5, 5.41) is 6.19. The number of hydrogen-bond acceptors (Lipinski definition) is 7. The molecule has 2 aliphatic rings. The summed E-state index contributed by atoms with van der Waals surface area (Å²) in [6.07, 6.45) is 10.4. The molecular formula is C30H40N8O3. The Kier molecular flexibility index (Phi) is 9.01. The lowest BCUT2D eigenvalue weighted by atomic mass is 9.96. The van der Waals surface area contributed by atoms with E-state index < -0.39 is 6.23 Å². The number of amides is 3. The number of ether oxygens (including phenoxy) is 1. The molecule has 2 atom stereocenters. The second-order valence-electron chi connectivity index (χ2n) is 11.1. The molecule has 3 amide bonds. The third-order valence-corrected chi connectivity index (χ3v) is 7.68. The van der Waals surface area contributed by atoms with E-state index in [9.17, 15) is 9.59 Å². The number of aromatic nitrogens is 4. The molecule has 0 spiro atoms. The molecule has 2 aromatic heterocycles. The molecule has 3 aromatic rings. The number of nitrogens with zero attached hydrogens (tertiary/aromatic N) is 6. The molecule has 1 aliphatic carbocycles. The number of imidazole rings is 1. The quantitative estimate of drug-likeness (QED) is 0.403. The van der Waals surface area contributed by atoms with Crippen LogP contribution in [0.4, 0.5) is 10.6 Å². The number of hydrogen-bond donors (Lipinski definition) is 2. The number of piperazine rings is 1. The van der Waals surface area contributed by atoms with Gasteiger partial charge in [0.05, 0.1) is 6.04 Å². The Hall–Kier alpha value is -4.15. The predicted octanol–water partition coefficient (Wildman–Crippen LogP) is 3.74. The number of carbonyl (C=O) groups excluding carboxylic acids is 2. The van der Waals surface area contributed by atoms with Gasteiger partial charge in [-0.15, -0.1) is 0 Å². The van der Waals surface area contributed by atoms with Crippen LogP contribution in [0.3, 0.4) is 0 Å². The summed E-state index contributed by atoms with van der Waals surface area (Å²) < 4.78 is 7.67. The molecule has 2 N–H and O–H groups in total. The maximum absolute atomic E-state index is 13.3. The van der Waals surface area contributed by atoms with Crippen molar-refractivity contribution in [3.8, 4) is 11.7 Å². The van der Waals surface area contributed by atoms with Gasteiger partial charge in [0.1, 0.15) is 17.9 Å². The summed E-state index contributed by atoms with van der Waals surface area (Å²) in [6, 6.07) is 9.52. The zero-order chi connectivity index (χ0) is 28.8. The number of rotatable bonds is 8. The first kappa shape index (κ1) is 28.4. The zero-order valence-corrected chi connectivity index (χ0v) is 24.1. The predicted molar refractivity (Wildman–Crippen MR) is 156 cm³/mol. The van der Waals surface area contributed by atoms with Gasteiger partial charge in [-0.1, -0.05) is 37.0 Å². The van der Waals surface area contributed by atoms with Gasteiger partial charge in [0.15, 0.2) is 6.23 Å². The second-order valence-corrected chi connectivity index (χ2v) is 11.1. The van der Waals surface area contributed by atoms with Crippen LogP contribution >= 0.6 is 0 Å². The Morgan fingerprint density at radius 2 is 1.85 bits per heavy atom. The maximum Gasteiger partial charge on any atom is 0.317 e. The Morgan fingerprint density at radius 1 is 1.07 bits per heavy atom. The normalized spacial score (nSPS) is 18.6. The highest BCUT2D eigenvalue weighted by molar-refractivity contribution is 5.78. The van der Waals surface area contributed by atoms with Crippen molar-refractivity contribution in [1.29, 1.82) is 0 Å². The molecule has 2 unspecified atom stereocenters. The molecule has 3 heterocycles. The van der Waals surface area contributed by atoms with Crippen molar-refractivity contribution in [2.24, 2.45) is 0 Å². The first-order valence-electron chi connectivity index (χ1n) is 14.5. The number of urea groups is 1. The van der Waals surface area contributed by atoms with E-state index in [1.807, 2.05) is 56.0 Å². The molecule has 0 radical (unpaired) electrons. The van der Waals surface area contributed by atoms with Gasteiger partial charge in [0.2, 0.25) is 11.9 Å². The highest BCUT2D eigenvalue weighted by Gasteiger charge is 2.33. The molecule has 2 fully saturated rings. The van der Waals surface area contributed by atoms with E-state index in [4.69, 9.17) is 9.72 Å².